The van der Waals surface area contributed by atoms with E-state index in [1.807, 2.05) is 19.1 Å². The van der Waals surface area contributed by atoms with Gasteiger partial charge < -0.3 is 14.4 Å². The van der Waals surface area contributed by atoms with Gasteiger partial charge in [-0.1, -0.05) is 55.5 Å². The van der Waals surface area contributed by atoms with E-state index in [-0.39, 0.29) is 11.5 Å². The van der Waals surface area contributed by atoms with Crippen LogP contribution in [0.5, 0.6) is 0 Å². The Bertz CT molecular complexity index is 1000. The molecular formula is C26H30N2O3. The highest BCUT2D eigenvalue weighted by Gasteiger charge is 2.53. The average molecular weight is 419 g/mol. The number of hydrogen-bond acceptors (Lipinski definition) is 4. The molecule has 3 heterocycles. The first-order chi connectivity index (χ1) is 14.9. The van der Waals surface area contributed by atoms with Gasteiger partial charge in [-0.2, -0.15) is 4.99 Å². The molecule has 5 nitrogen and oxygen atoms in total. The Hall–Kier alpha value is -2.66. The predicted molar refractivity (Wildman–Crippen MR) is 121 cm³/mol. The maximum Gasteiger partial charge on any atom is 0.296 e. The van der Waals surface area contributed by atoms with E-state index in [2.05, 4.69) is 47.7 Å². The summed E-state index contributed by atoms with van der Waals surface area (Å²) >= 11 is 0. The van der Waals surface area contributed by atoms with Crippen molar-refractivity contribution in [2.75, 3.05) is 19.7 Å². The van der Waals surface area contributed by atoms with Crippen molar-refractivity contribution in [1.82, 2.24) is 4.90 Å². The van der Waals surface area contributed by atoms with E-state index in [1.165, 1.54) is 22.3 Å². The summed E-state index contributed by atoms with van der Waals surface area (Å²) in [6.07, 6.45) is 8.35. The van der Waals surface area contributed by atoms with Crippen LogP contribution in [0.15, 0.2) is 64.7 Å². The molecule has 162 valence electrons. The lowest BCUT2D eigenvalue weighted by Gasteiger charge is -2.40. The number of likely N-dealkylation sites (tertiary alicyclic amines) is 1. The van der Waals surface area contributed by atoms with Crippen LogP contribution in [0.1, 0.15) is 44.2 Å². The minimum absolute atomic E-state index is 0.144. The topological polar surface area (TPSA) is 51.1 Å². The monoisotopic (exact) mass is 418 g/mol. The van der Waals surface area contributed by atoms with E-state index in [0.717, 1.165) is 37.9 Å². The van der Waals surface area contributed by atoms with Crippen molar-refractivity contribution in [2.24, 2.45) is 4.99 Å². The number of piperidine rings is 1. The van der Waals surface area contributed by atoms with Crippen molar-refractivity contribution in [3.8, 4) is 0 Å². The Morgan fingerprint density at radius 1 is 1.19 bits per heavy atom. The summed E-state index contributed by atoms with van der Waals surface area (Å²) in [5.74, 6) is -0.144. The third-order valence-electron chi connectivity index (χ3n) is 6.96. The van der Waals surface area contributed by atoms with Crippen molar-refractivity contribution in [3.63, 3.8) is 0 Å². The normalized spacial score (nSPS) is 26.1. The molecule has 1 aromatic rings. The van der Waals surface area contributed by atoms with Crippen LogP contribution in [0.25, 0.3) is 0 Å². The molecule has 4 aliphatic rings. The van der Waals surface area contributed by atoms with Crippen molar-refractivity contribution in [2.45, 2.75) is 57.2 Å². The van der Waals surface area contributed by atoms with Crippen LogP contribution in [0.2, 0.25) is 0 Å². The summed E-state index contributed by atoms with van der Waals surface area (Å²) in [6, 6.07) is 8.69. The van der Waals surface area contributed by atoms with Crippen LogP contribution in [0.3, 0.4) is 0 Å². The predicted octanol–water partition coefficient (Wildman–Crippen LogP) is 4.14. The molecular weight excluding hydrogens is 388 g/mol. The molecule has 0 saturated carbocycles. The fourth-order valence-electron chi connectivity index (χ4n) is 5.44. The molecule has 0 atom stereocenters. The Labute approximate surface area is 184 Å². The second kappa shape index (κ2) is 7.49. The van der Waals surface area contributed by atoms with Crippen molar-refractivity contribution in [3.05, 3.63) is 70.8 Å². The number of benzene rings is 1. The van der Waals surface area contributed by atoms with Gasteiger partial charge in [-0.05, 0) is 48.5 Å². The Morgan fingerprint density at radius 2 is 1.87 bits per heavy atom. The number of ether oxygens (including phenoxy) is 2. The molecule has 0 N–H and O–H groups in total. The highest BCUT2D eigenvalue weighted by atomic mass is 16.5. The number of hydrogen-bond donors (Lipinski definition) is 0. The van der Waals surface area contributed by atoms with E-state index in [9.17, 15) is 4.79 Å². The molecule has 5 heteroatoms. The van der Waals surface area contributed by atoms with E-state index in [0.29, 0.717) is 25.5 Å². The van der Waals surface area contributed by atoms with Crippen LogP contribution in [0.4, 0.5) is 0 Å². The number of carbonyl (C=O) groups excluding carboxylic acids is 1. The van der Waals surface area contributed by atoms with E-state index < -0.39 is 5.60 Å². The van der Waals surface area contributed by atoms with Crippen LogP contribution >= 0.6 is 0 Å². The van der Waals surface area contributed by atoms with Crippen LogP contribution in [0, 0.1) is 0 Å². The number of carbonyl (C=O) groups is 1. The lowest BCUT2D eigenvalue weighted by Crippen LogP contribution is -2.48. The molecule has 1 amide bonds. The SMILES string of the molecule is C=C(C)/C=C1/COC2(CCN(C3=NC(=O)C4(Cc5ccccc5C4)O3)CC2)/C1=C/CC. The number of allylic oxidation sites excluding steroid dienone is 3. The second-order valence-electron chi connectivity index (χ2n) is 9.23. The molecule has 2 spiro atoms. The molecule has 1 aliphatic carbocycles. The molecule has 0 unspecified atom stereocenters. The first-order valence-corrected chi connectivity index (χ1v) is 11.3. The van der Waals surface area contributed by atoms with E-state index in [4.69, 9.17) is 9.47 Å². The molecule has 2 saturated heterocycles. The highest BCUT2D eigenvalue weighted by molar-refractivity contribution is 6.02. The maximum atomic E-state index is 12.9. The van der Waals surface area contributed by atoms with Gasteiger partial charge in [-0.25, -0.2) is 0 Å². The van der Waals surface area contributed by atoms with Gasteiger partial charge in [0.05, 0.1) is 12.2 Å². The molecule has 0 aromatic heterocycles. The summed E-state index contributed by atoms with van der Waals surface area (Å²) in [7, 11) is 0. The van der Waals surface area contributed by atoms with Gasteiger partial charge in [0, 0.05) is 25.9 Å². The summed E-state index contributed by atoms with van der Waals surface area (Å²) in [5, 5.41) is 0. The largest absolute Gasteiger partial charge is 0.447 e. The van der Waals surface area contributed by atoms with Gasteiger partial charge in [0.15, 0.2) is 0 Å². The molecule has 0 radical (unpaired) electrons. The Morgan fingerprint density at radius 3 is 2.48 bits per heavy atom. The number of nitrogens with zero attached hydrogens (tertiary/aromatic N) is 2. The van der Waals surface area contributed by atoms with Gasteiger partial charge in [0.2, 0.25) is 5.60 Å². The number of fused-ring (bicyclic) bond motifs is 1. The van der Waals surface area contributed by atoms with Crippen molar-refractivity contribution < 1.29 is 14.3 Å². The Kier molecular flexibility index (Phi) is 4.89. The Balaban J connectivity index is 1.30. The van der Waals surface area contributed by atoms with Crippen molar-refractivity contribution in [1.29, 1.82) is 0 Å². The lowest BCUT2D eigenvalue weighted by atomic mass is 9.81. The maximum absolute atomic E-state index is 12.9. The summed E-state index contributed by atoms with van der Waals surface area (Å²) in [5.41, 5.74) is 4.89. The third-order valence-corrected chi connectivity index (χ3v) is 6.96. The minimum atomic E-state index is -0.845. The number of amidine groups is 1. The second-order valence-corrected chi connectivity index (χ2v) is 9.23. The lowest BCUT2D eigenvalue weighted by molar-refractivity contribution is -0.130. The van der Waals surface area contributed by atoms with Crippen LogP contribution in [-0.2, 0) is 27.1 Å². The molecule has 1 aromatic carbocycles. The molecule has 0 bridgehead atoms. The zero-order valence-corrected chi connectivity index (χ0v) is 18.4. The van der Waals surface area contributed by atoms with Crippen LogP contribution in [-0.4, -0.2) is 47.7 Å². The smallest absolute Gasteiger partial charge is 0.296 e. The number of amides is 1. The first kappa shape index (κ1) is 20.3. The number of aliphatic imine (C=N–C) groups is 1. The van der Waals surface area contributed by atoms with Crippen LogP contribution < -0.4 is 0 Å². The third kappa shape index (κ3) is 3.35. The van der Waals surface area contributed by atoms with Gasteiger partial charge in [-0.3, -0.25) is 4.79 Å². The van der Waals surface area contributed by atoms with Gasteiger partial charge >= 0.3 is 0 Å². The molecule has 2 fully saturated rings. The molecule has 5 rings (SSSR count). The van der Waals surface area contributed by atoms with E-state index >= 15 is 0 Å². The summed E-state index contributed by atoms with van der Waals surface area (Å²) in [4.78, 5) is 19.3. The first-order valence-electron chi connectivity index (χ1n) is 11.3. The van der Waals surface area contributed by atoms with E-state index in [1.54, 1.807) is 0 Å². The zero-order chi connectivity index (χ0) is 21.6. The van der Waals surface area contributed by atoms with Gasteiger partial charge in [-0.15, -0.1) is 0 Å². The quantitative estimate of drug-likeness (QED) is 0.724. The summed E-state index contributed by atoms with van der Waals surface area (Å²) in [6.45, 7) is 10.4. The molecule has 31 heavy (non-hydrogen) atoms. The minimum Gasteiger partial charge on any atom is -0.447 e. The number of rotatable bonds is 2. The molecule has 3 aliphatic heterocycles. The standard InChI is InChI=1S/C26H30N2O3/c1-4-7-22-21(14-18(2)3)17-30-25(22)10-12-28(13-11-25)24-27-23(29)26(31-24)15-19-8-5-6-9-20(19)16-26/h5-9,14H,2,4,10-13,15-17H2,1,3H3/b21-14-,22-7+. The van der Waals surface area contributed by atoms with Gasteiger partial charge in [0.25, 0.3) is 11.9 Å². The fraction of sp³-hybridized carbons (Fsp3) is 0.462. The average Bonchev–Trinajstić information content (AvgIpc) is 3.38. The van der Waals surface area contributed by atoms with Gasteiger partial charge in [0.1, 0.15) is 0 Å². The zero-order valence-electron chi connectivity index (χ0n) is 18.4. The van der Waals surface area contributed by atoms with Crippen molar-refractivity contribution >= 4 is 11.9 Å². The highest BCUT2D eigenvalue weighted by Crippen LogP contribution is 2.44. The fourth-order valence-corrected chi connectivity index (χ4v) is 5.44. The summed E-state index contributed by atoms with van der Waals surface area (Å²) < 4.78 is 12.7.